The Balaban J connectivity index is 1.34. The lowest BCUT2D eigenvalue weighted by atomic mass is 9.99. The van der Waals surface area contributed by atoms with Crippen LogP contribution in [0.1, 0.15) is 0 Å². The van der Waals surface area contributed by atoms with Crippen LogP contribution in [-0.2, 0) is 0 Å². The fourth-order valence-electron chi connectivity index (χ4n) is 7.87. The molecular weight excluding hydrogens is 669 g/mol. The van der Waals surface area contributed by atoms with Crippen LogP contribution in [0.15, 0.2) is 223 Å². The van der Waals surface area contributed by atoms with Crippen molar-refractivity contribution < 1.29 is 4.42 Å². The van der Waals surface area contributed by atoms with E-state index in [1.165, 1.54) is 5.39 Å². The molecule has 0 bridgehead atoms. The largest absolute Gasteiger partial charge is 0.456 e. The zero-order valence-corrected chi connectivity index (χ0v) is 30.1. The van der Waals surface area contributed by atoms with Crippen LogP contribution in [0.3, 0.4) is 0 Å². The molecule has 1 aromatic heterocycles. The molecule has 10 rings (SSSR count). The quantitative estimate of drug-likeness (QED) is 0.157. The van der Waals surface area contributed by atoms with Gasteiger partial charge in [-0.25, -0.2) is 0 Å². The average molecular weight is 705 g/mol. The van der Waals surface area contributed by atoms with Crippen molar-refractivity contribution in [3.05, 3.63) is 218 Å². The molecule has 0 aliphatic rings. The van der Waals surface area contributed by atoms with E-state index in [1.807, 2.05) is 0 Å². The van der Waals surface area contributed by atoms with E-state index in [9.17, 15) is 0 Å². The van der Waals surface area contributed by atoms with E-state index in [1.54, 1.807) is 0 Å². The first-order valence-electron chi connectivity index (χ1n) is 18.7. The van der Waals surface area contributed by atoms with E-state index >= 15 is 0 Å². The molecule has 0 saturated carbocycles. The van der Waals surface area contributed by atoms with Gasteiger partial charge in [0.05, 0.1) is 22.7 Å². The highest BCUT2D eigenvalue weighted by molar-refractivity contribution is 6.13. The Labute approximate surface area is 320 Å². The SMILES string of the molecule is c1ccc(-c2ccccc2N(c2ccccc2)c2cc3oc4cc5ccccc5cc4c3cc2N(c2ccccc2)c2ccccc2-c2ccccc2)cc1. The molecule has 0 N–H and O–H groups in total. The number of nitrogens with zero attached hydrogens (tertiary/aromatic N) is 2. The molecule has 3 nitrogen and oxygen atoms in total. The van der Waals surface area contributed by atoms with Gasteiger partial charge in [-0.1, -0.05) is 158 Å². The van der Waals surface area contributed by atoms with Crippen LogP contribution in [0.25, 0.3) is 55.0 Å². The summed E-state index contributed by atoms with van der Waals surface area (Å²) in [6.07, 6.45) is 0. The molecule has 0 aliphatic carbocycles. The van der Waals surface area contributed by atoms with Crippen molar-refractivity contribution >= 4 is 66.8 Å². The molecule has 0 radical (unpaired) electrons. The molecule has 55 heavy (non-hydrogen) atoms. The van der Waals surface area contributed by atoms with E-state index < -0.39 is 0 Å². The van der Waals surface area contributed by atoms with Gasteiger partial charge in [0.2, 0.25) is 0 Å². The van der Waals surface area contributed by atoms with Gasteiger partial charge in [0.1, 0.15) is 11.2 Å². The fourth-order valence-corrected chi connectivity index (χ4v) is 7.87. The highest BCUT2D eigenvalue weighted by Crippen LogP contribution is 2.51. The minimum absolute atomic E-state index is 0.825. The summed E-state index contributed by atoms with van der Waals surface area (Å²) in [5, 5.41) is 4.48. The predicted molar refractivity (Wildman–Crippen MR) is 231 cm³/mol. The van der Waals surface area contributed by atoms with Crippen LogP contribution in [-0.4, -0.2) is 0 Å². The Morgan fingerprint density at radius 1 is 0.291 bits per heavy atom. The highest BCUT2D eigenvalue weighted by atomic mass is 16.3. The maximum atomic E-state index is 6.83. The van der Waals surface area contributed by atoms with Crippen molar-refractivity contribution in [1.82, 2.24) is 0 Å². The molecular formula is C52H36N2O. The van der Waals surface area contributed by atoms with Crippen molar-refractivity contribution in [2.75, 3.05) is 9.80 Å². The zero-order valence-electron chi connectivity index (χ0n) is 30.1. The van der Waals surface area contributed by atoms with Gasteiger partial charge in [-0.05, 0) is 76.5 Å². The lowest BCUT2D eigenvalue weighted by Gasteiger charge is -2.35. The lowest BCUT2D eigenvalue weighted by Crippen LogP contribution is -2.18. The first kappa shape index (κ1) is 32.3. The number of para-hydroxylation sites is 4. The van der Waals surface area contributed by atoms with Gasteiger partial charge in [0, 0.05) is 39.3 Å². The molecule has 0 amide bonds. The number of rotatable bonds is 8. The van der Waals surface area contributed by atoms with Gasteiger partial charge in [-0.2, -0.15) is 0 Å². The summed E-state index contributed by atoms with van der Waals surface area (Å²) in [5.41, 5.74) is 12.5. The van der Waals surface area contributed by atoms with Gasteiger partial charge in [0.15, 0.2) is 0 Å². The predicted octanol–water partition coefficient (Wildman–Crippen LogP) is 15.0. The summed E-state index contributed by atoms with van der Waals surface area (Å²) >= 11 is 0. The summed E-state index contributed by atoms with van der Waals surface area (Å²) in [6.45, 7) is 0. The summed E-state index contributed by atoms with van der Waals surface area (Å²) in [6, 6.07) is 77.6. The van der Waals surface area contributed by atoms with Crippen LogP contribution in [0.4, 0.5) is 34.1 Å². The lowest BCUT2D eigenvalue weighted by molar-refractivity contribution is 0.669. The van der Waals surface area contributed by atoms with Crippen LogP contribution in [0.2, 0.25) is 0 Å². The third kappa shape index (κ3) is 5.89. The van der Waals surface area contributed by atoms with Crippen molar-refractivity contribution in [2.45, 2.75) is 0 Å². The topological polar surface area (TPSA) is 19.6 Å². The Morgan fingerprint density at radius 3 is 1.20 bits per heavy atom. The Kier molecular flexibility index (Phi) is 8.16. The van der Waals surface area contributed by atoms with Crippen molar-refractivity contribution in [3.63, 3.8) is 0 Å². The minimum Gasteiger partial charge on any atom is -0.456 e. The number of benzene rings is 9. The van der Waals surface area contributed by atoms with Gasteiger partial charge >= 0.3 is 0 Å². The molecule has 1 heterocycles. The second-order valence-electron chi connectivity index (χ2n) is 13.7. The molecule has 0 saturated heterocycles. The number of hydrogen-bond donors (Lipinski definition) is 0. The van der Waals surface area contributed by atoms with Crippen molar-refractivity contribution in [1.29, 1.82) is 0 Å². The van der Waals surface area contributed by atoms with Crippen LogP contribution in [0.5, 0.6) is 0 Å². The molecule has 0 atom stereocenters. The summed E-state index contributed by atoms with van der Waals surface area (Å²) in [7, 11) is 0. The Bertz CT molecular complexity index is 2920. The zero-order chi connectivity index (χ0) is 36.6. The number of hydrogen-bond acceptors (Lipinski definition) is 3. The molecule has 0 unspecified atom stereocenters. The average Bonchev–Trinajstić information content (AvgIpc) is 3.60. The van der Waals surface area contributed by atoms with Gasteiger partial charge in [-0.3, -0.25) is 0 Å². The molecule has 260 valence electrons. The van der Waals surface area contributed by atoms with Crippen molar-refractivity contribution in [2.24, 2.45) is 0 Å². The smallest absolute Gasteiger partial charge is 0.137 e. The number of fused-ring (bicyclic) bond motifs is 4. The minimum atomic E-state index is 0.825. The first-order chi connectivity index (χ1) is 27.3. The number of furan rings is 1. The van der Waals surface area contributed by atoms with E-state index in [-0.39, 0.29) is 0 Å². The molecule has 0 aliphatic heterocycles. The Morgan fingerprint density at radius 2 is 0.673 bits per heavy atom. The molecule has 3 heteroatoms. The fraction of sp³-hybridized carbons (Fsp3) is 0. The second kappa shape index (κ2) is 13.9. The number of anilines is 6. The highest BCUT2D eigenvalue weighted by Gasteiger charge is 2.27. The summed E-state index contributed by atoms with van der Waals surface area (Å²) < 4.78 is 6.83. The second-order valence-corrected chi connectivity index (χ2v) is 13.7. The molecule has 9 aromatic carbocycles. The normalized spacial score (nSPS) is 11.3. The Hall–Kier alpha value is -7.36. The summed E-state index contributed by atoms with van der Waals surface area (Å²) in [5.74, 6) is 0. The van der Waals surface area contributed by atoms with E-state index in [2.05, 4.69) is 228 Å². The monoisotopic (exact) mass is 704 g/mol. The third-order valence-corrected chi connectivity index (χ3v) is 10.4. The molecule has 0 spiro atoms. The van der Waals surface area contributed by atoms with Crippen LogP contribution in [0, 0.1) is 0 Å². The first-order valence-corrected chi connectivity index (χ1v) is 18.7. The van der Waals surface area contributed by atoms with Crippen molar-refractivity contribution in [3.8, 4) is 22.3 Å². The van der Waals surface area contributed by atoms with Gasteiger partial charge in [0.25, 0.3) is 0 Å². The molecule has 10 aromatic rings. The van der Waals surface area contributed by atoms with E-state index in [4.69, 9.17) is 4.42 Å². The van der Waals surface area contributed by atoms with Gasteiger partial charge < -0.3 is 14.2 Å². The van der Waals surface area contributed by atoms with E-state index in [0.29, 0.717) is 0 Å². The summed E-state index contributed by atoms with van der Waals surface area (Å²) in [4.78, 5) is 4.81. The van der Waals surface area contributed by atoms with Gasteiger partial charge in [-0.15, -0.1) is 0 Å². The standard InChI is InChI=1S/C52H36N2O/c1-5-19-37(20-6-1)43-29-15-17-31-47(43)53(41-25-9-3-10-26-41)49-35-46-45-33-39-23-13-14-24-40(39)34-51(45)55-52(46)36-50(49)54(42-27-11-4-12-28-42)48-32-18-16-30-44(48)38-21-7-2-8-22-38/h1-36H. The molecule has 0 fully saturated rings. The third-order valence-electron chi connectivity index (χ3n) is 10.4. The maximum Gasteiger partial charge on any atom is 0.137 e. The van der Waals surface area contributed by atoms with Crippen LogP contribution < -0.4 is 9.80 Å². The maximum absolute atomic E-state index is 6.83. The van der Waals surface area contributed by atoms with E-state index in [0.717, 1.165) is 83.7 Å². The van der Waals surface area contributed by atoms with Crippen LogP contribution >= 0.6 is 0 Å².